The number of nitrogens with zero attached hydrogens (tertiary/aromatic N) is 1. The molecule has 7 atom stereocenters. The number of hydrazine groups is 1. The summed E-state index contributed by atoms with van der Waals surface area (Å²) >= 11 is 0. The van der Waals surface area contributed by atoms with E-state index >= 15 is 0 Å². The lowest BCUT2D eigenvalue weighted by Crippen LogP contribution is -2.64. The van der Waals surface area contributed by atoms with E-state index in [-0.39, 0.29) is 40.8 Å². The summed E-state index contributed by atoms with van der Waals surface area (Å²) < 4.78 is 0. The van der Waals surface area contributed by atoms with Gasteiger partial charge in [0.25, 0.3) is 0 Å². The average molecular weight is 647 g/mol. The maximum absolute atomic E-state index is 13.3. The van der Waals surface area contributed by atoms with Crippen LogP contribution < -0.4 is 5.43 Å². The van der Waals surface area contributed by atoms with Gasteiger partial charge in [-0.1, -0.05) is 79.2 Å². The molecule has 0 saturated heterocycles. The molecule has 0 unspecified atom stereocenters. The van der Waals surface area contributed by atoms with Crippen molar-refractivity contribution in [2.24, 2.45) is 50.7 Å². The van der Waals surface area contributed by atoms with E-state index in [1.165, 1.54) is 56.6 Å². The summed E-state index contributed by atoms with van der Waals surface area (Å²) in [6.45, 7) is 20.0. The fraction of sp³-hybridized carbons (Fsp3) is 0.725. The van der Waals surface area contributed by atoms with Crippen LogP contribution in [-0.2, 0) is 32.4 Å². The van der Waals surface area contributed by atoms with Gasteiger partial charge in [0.05, 0.1) is 0 Å². The molecule has 4 fully saturated rings. The zero-order valence-corrected chi connectivity index (χ0v) is 30.1. The number of fused-ring (bicyclic) bond motifs is 8. The topological polar surface area (TPSA) is 95.9 Å². The minimum absolute atomic E-state index is 0.00666. The van der Waals surface area contributed by atoms with Crippen LogP contribution in [0, 0.1) is 50.7 Å². The third-order valence-corrected chi connectivity index (χ3v) is 14.8. The Kier molecular flexibility index (Phi) is 8.64. The molecule has 47 heavy (non-hydrogen) atoms. The van der Waals surface area contributed by atoms with Crippen LogP contribution in [0.2, 0.25) is 0 Å². The highest BCUT2D eigenvalue weighted by Gasteiger charge is 2.70. The second kappa shape index (κ2) is 11.8. The van der Waals surface area contributed by atoms with E-state index in [0.29, 0.717) is 23.2 Å². The van der Waals surface area contributed by atoms with Crippen LogP contribution >= 0.6 is 0 Å². The minimum atomic E-state index is -0.952. The SMILES string of the molecule is CC(=O)NN1Cc2ccccc2C1.CC(C)C1=C2[C@H]3CC[C@@H]4[C@@]5(C)CCCC(C)(C)[C@@H]5CC[C@@]4(C)[C@]3(C)CC[C@@]2(C(=O)OO)CC1=O. The van der Waals surface area contributed by atoms with E-state index < -0.39 is 11.4 Å². The van der Waals surface area contributed by atoms with Crippen molar-refractivity contribution in [2.45, 2.75) is 133 Å². The number of hydrogen-bond acceptors (Lipinski definition) is 6. The maximum atomic E-state index is 13.3. The van der Waals surface area contributed by atoms with Crippen LogP contribution in [0.5, 0.6) is 0 Å². The van der Waals surface area contributed by atoms with Gasteiger partial charge in [-0.2, -0.15) is 5.26 Å². The number of benzene rings is 1. The number of Topliss-reactive ketones (excluding diaryl/α,β-unsaturated/α-hetero) is 1. The lowest BCUT2D eigenvalue weighted by molar-refractivity contribution is -0.250. The van der Waals surface area contributed by atoms with Gasteiger partial charge in [-0.25, -0.2) is 9.80 Å². The Labute approximate surface area is 282 Å². The first kappa shape index (κ1) is 34.4. The van der Waals surface area contributed by atoms with Crippen LogP contribution in [0.1, 0.15) is 131 Å². The van der Waals surface area contributed by atoms with Gasteiger partial charge >= 0.3 is 5.97 Å². The Balaban J connectivity index is 0.000000248. The van der Waals surface area contributed by atoms with Crippen molar-refractivity contribution in [3.63, 3.8) is 0 Å². The van der Waals surface area contributed by atoms with Crippen LogP contribution in [0.3, 0.4) is 0 Å². The summed E-state index contributed by atoms with van der Waals surface area (Å²) in [7, 11) is 0. The van der Waals surface area contributed by atoms with Crippen molar-refractivity contribution < 1.29 is 24.5 Å². The van der Waals surface area contributed by atoms with E-state index in [4.69, 9.17) is 0 Å². The van der Waals surface area contributed by atoms with Crippen molar-refractivity contribution in [1.29, 1.82) is 0 Å². The number of rotatable bonds is 3. The molecule has 1 amide bonds. The van der Waals surface area contributed by atoms with Crippen LogP contribution in [0.15, 0.2) is 35.4 Å². The molecule has 1 aromatic carbocycles. The molecular weight excluding hydrogens is 588 g/mol. The number of allylic oxidation sites excluding steroid dienone is 1. The third-order valence-electron chi connectivity index (χ3n) is 14.8. The van der Waals surface area contributed by atoms with Gasteiger partial charge < -0.3 is 4.89 Å². The second-order valence-corrected chi connectivity index (χ2v) is 17.8. The maximum Gasteiger partial charge on any atom is 0.352 e. The lowest BCUT2D eigenvalue weighted by atomic mass is 9.33. The van der Waals surface area contributed by atoms with Gasteiger partial charge in [0.2, 0.25) is 5.91 Å². The van der Waals surface area contributed by atoms with Crippen LogP contribution in [0.4, 0.5) is 0 Å². The molecule has 7 heteroatoms. The lowest BCUT2D eigenvalue weighted by Gasteiger charge is -2.71. The molecule has 258 valence electrons. The van der Waals surface area contributed by atoms with Gasteiger partial charge in [-0.05, 0) is 119 Å². The van der Waals surface area contributed by atoms with E-state index in [2.05, 4.69) is 70.9 Å². The molecule has 0 bridgehead atoms. The molecular formula is C40H58N2O5. The molecule has 1 aliphatic heterocycles. The van der Waals surface area contributed by atoms with Gasteiger partial charge in [0.1, 0.15) is 5.41 Å². The van der Waals surface area contributed by atoms with Gasteiger partial charge in [-0.3, -0.25) is 15.0 Å². The highest BCUT2D eigenvalue weighted by molar-refractivity contribution is 6.05. The summed E-state index contributed by atoms with van der Waals surface area (Å²) in [6.07, 6.45) is 10.5. The van der Waals surface area contributed by atoms with Gasteiger partial charge in [-0.15, -0.1) is 0 Å². The fourth-order valence-electron chi connectivity index (χ4n) is 12.7. The first-order chi connectivity index (χ1) is 22.0. The summed E-state index contributed by atoms with van der Waals surface area (Å²) in [6, 6.07) is 8.24. The minimum Gasteiger partial charge on any atom is -0.300 e. The normalized spacial score (nSPS) is 38.7. The largest absolute Gasteiger partial charge is 0.352 e. The average Bonchev–Trinajstić information content (AvgIpc) is 3.54. The summed E-state index contributed by atoms with van der Waals surface area (Å²) in [5.74, 6) is 1.22. The molecule has 5 aliphatic carbocycles. The molecule has 2 N–H and O–H groups in total. The highest BCUT2D eigenvalue weighted by atomic mass is 17.1. The Morgan fingerprint density at radius 3 is 2.15 bits per heavy atom. The number of ketones is 1. The second-order valence-electron chi connectivity index (χ2n) is 17.8. The summed E-state index contributed by atoms with van der Waals surface area (Å²) in [5, 5.41) is 11.4. The first-order valence-corrected chi connectivity index (χ1v) is 18.3. The predicted octanol–water partition coefficient (Wildman–Crippen LogP) is 8.43. The van der Waals surface area contributed by atoms with Gasteiger partial charge in [0, 0.05) is 26.4 Å². The molecule has 0 radical (unpaired) electrons. The van der Waals surface area contributed by atoms with Crippen molar-refractivity contribution in [1.82, 2.24) is 10.4 Å². The quantitative estimate of drug-likeness (QED) is 0.253. The van der Waals surface area contributed by atoms with Crippen molar-refractivity contribution in [2.75, 3.05) is 0 Å². The smallest absolute Gasteiger partial charge is 0.300 e. The number of carbonyl (C=O) groups is 3. The Hall–Kier alpha value is -2.51. The predicted molar refractivity (Wildman–Crippen MR) is 182 cm³/mol. The molecule has 1 heterocycles. The Bertz CT molecular complexity index is 1460. The van der Waals surface area contributed by atoms with Crippen LogP contribution in [0.25, 0.3) is 0 Å². The number of amides is 1. The van der Waals surface area contributed by atoms with Crippen molar-refractivity contribution in [3.8, 4) is 0 Å². The van der Waals surface area contributed by atoms with Gasteiger partial charge in [0.15, 0.2) is 5.78 Å². The van der Waals surface area contributed by atoms with Crippen LogP contribution in [-0.4, -0.2) is 27.9 Å². The molecule has 6 aliphatic rings. The zero-order valence-electron chi connectivity index (χ0n) is 30.1. The van der Waals surface area contributed by atoms with Crippen molar-refractivity contribution >= 4 is 17.7 Å². The zero-order chi connectivity index (χ0) is 34.2. The Morgan fingerprint density at radius 2 is 1.55 bits per heavy atom. The number of carbonyl (C=O) groups excluding carboxylic acids is 3. The third kappa shape index (κ3) is 5.16. The van der Waals surface area contributed by atoms with E-state index in [1.807, 2.05) is 17.1 Å². The molecule has 0 aromatic heterocycles. The summed E-state index contributed by atoms with van der Waals surface area (Å²) in [4.78, 5) is 41.6. The van der Waals surface area contributed by atoms with E-state index in [9.17, 15) is 19.6 Å². The van der Waals surface area contributed by atoms with Crippen molar-refractivity contribution in [3.05, 3.63) is 46.5 Å². The van der Waals surface area contributed by atoms with E-state index in [1.54, 1.807) is 0 Å². The monoisotopic (exact) mass is 646 g/mol. The summed E-state index contributed by atoms with van der Waals surface area (Å²) in [5.41, 5.74) is 7.35. The standard InChI is InChI=1S/C30H46O4.C10H12N2O/c1-18(2)23-20(31)17-30(25(32)34-33)16-15-28(6)19(24(23)30)9-10-22-27(5)13-8-12-26(3,4)21(27)11-14-29(22,28)7;1-8(13)11-12-6-9-4-2-3-5-10(9)7-12/h18-19,21-22,33H,8-17H2,1-7H3;2-5H,6-7H2,1H3,(H,11,13)/t19-,21+,22-,27+,28-,29-,30-;/m1./s1. The molecule has 4 saturated carbocycles. The number of hydrogen-bond donors (Lipinski definition) is 2. The highest BCUT2D eigenvalue weighted by Crippen LogP contribution is 2.76. The molecule has 0 spiro atoms. The first-order valence-electron chi connectivity index (χ1n) is 18.3. The fourth-order valence-corrected chi connectivity index (χ4v) is 12.7. The Morgan fingerprint density at radius 1 is 0.894 bits per heavy atom. The molecule has 7 rings (SSSR count). The molecule has 1 aromatic rings. The number of nitrogens with one attached hydrogen (secondary N) is 1. The van der Waals surface area contributed by atoms with E-state index in [0.717, 1.165) is 43.0 Å². The molecule has 7 nitrogen and oxygen atoms in total.